The summed E-state index contributed by atoms with van der Waals surface area (Å²) in [6.45, 7) is 12.2. The number of rotatable bonds is 5. The molecule has 2 nitrogen and oxygen atoms in total. The van der Waals surface area contributed by atoms with Gasteiger partial charge in [0.2, 0.25) is 0 Å². The largest absolute Gasteiger partial charge is 0.372 e. The van der Waals surface area contributed by atoms with E-state index in [4.69, 9.17) is 4.74 Å². The van der Waals surface area contributed by atoms with Gasteiger partial charge in [-0.3, -0.25) is 0 Å². The van der Waals surface area contributed by atoms with Gasteiger partial charge in [-0.05, 0) is 43.4 Å². The Balaban J connectivity index is 2.05. The Hall–Kier alpha value is -0.380. The molecule has 1 aromatic heterocycles. The van der Waals surface area contributed by atoms with E-state index in [0.717, 1.165) is 19.7 Å². The summed E-state index contributed by atoms with van der Waals surface area (Å²) in [5, 5.41) is 3.57. The highest BCUT2D eigenvalue weighted by atomic mass is 32.1. The Bertz CT molecular complexity index is 407. The van der Waals surface area contributed by atoms with Crippen LogP contribution in [0.4, 0.5) is 0 Å². The van der Waals surface area contributed by atoms with Crippen molar-refractivity contribution in [1.82, 2.24) is 5.32 Å². The van der Waals surface area contributed by atoms with Crippen LogP contribution in [0, 0.1) is 5.92 Å². The van der Waals surface area contributed by atoms with Gasteiger partial charge in [0.15, 0.2) is 0 Å². The molecular formula is C17H29NOS. The van der Waals surface area contributed by atoms with Gasteiger partial charge in [0.05, 0.1) is 6.10 Å². The van der Waals surface area contributed by atoms with Gasteiger partial charge in [0.1, 0.15) is 0 Å². The second kappa shape index (κ2) is 7.06. The van der Waals surface area contributed by atoms with Gasteiger partial charge in [0, 0.05) is 28.8 Å². The summed E-state index contributed by atoms with van der Waals surface area (Å²) in [6.07, 6.45) is 3.98. The lowest BCUT2D eigenvalue weighted by molar-refractivity contribution is -0.0255. The molecule has 2 heterocycles. The third kappa shape index (κ3) is 4.06. The topological polar surface area (TPSA) is 21.3 Å². The van der Waals surface area contributed by atoms with Crippen molar-refractivity contribution in [2.75, 3.05) is 19.7 Å². The van der Waals surface area contributed by atoms with Crippen LogP contribution in [-0.4, -0.2) is 19.7 Å². The summed E-state index contributed by atoms with van der Waals surface area (Å²) in [5.74, 6) is 0.627. The van der Waals surface area contributed by atoms with E-state index in [1.807, 2.05) is 11.3 Å². The first-order chi connectivity index (χ1) is 9.52. The molecule has 2 unspecified atom stereocenters. The van der Waals surface area contributed by atoms with E-state index in [-0.39, 0.29) is 5.41 Å². The Labute approximate surface area is 127 Å². The standard InChI is InChI=1S/C17H29NOS/c1-5-10-18-12-13-7-6-11-19-16(13)14-8-9-15(20-14)17(2,3)4/h8-9,13,16,18H,5-7,10-12H2,1-4H3. The normalized spacial score (nSPS) is 24.0. The molecule has 0 amide bonds. The third-order valence-electron chi connectivity index (χ3n) is 3.92. The molecule has 1 aromatic rings. The fraction of sp³-hybridized carbons (Fsp3) is 0.765. The van der Waals surface area contributed by atoms with Gasteiger partial charge in [-0.1, -0.05) is 27.7 Å². The van der Waals surface area contributed by atoms with Gasteiger partial charge >= 0.3 is 0 Å². The van der Waals surface area contributed by atoms with Crippen molar-refractivity contribution in [2.45, 2.75) is 58.5 Å². The van der Waals surface area contributed by atoms with Crippen LogP contribution in [0.2, 0.25) is 0 Å². The van der Waals surface area contributed by atoms with Gasteiger partial charge in [0.25, 0.3) is 0 Å². The lowest BCUT2D eigenvalue weighted by Gasteiger charge is -2.31. The molecule has 0 aliphatic carbocycles. The van der Waals surface area contributed by atoms with Crippen molar-refractivity contribution in [3.63, 3.8) is 0 Å². The molecule has 1 aliphatic rings. The number of ether oxygens (including phenoxy) is 1. The van der Waals surface area contributed by atoms with Crippen LogP contribution in [0.15, 0.2) is 12.1 Å². The molecule has 1 fully saturated rings. The molecule has 1 saturated heterocycles. The minimum Gasteiger partial charge on any atom is -0.372 e. The maximum atomic E-state index is 6.10. The van der Waals surface area contributed by atoms with Crippen molar-refractivity contribution >= 4 is 11.3 Å². The summed E-state index contributed by atoms with van der Waals surface area (Å²) >= 11 is 1.94. The fourth-order valence-corrected chi connectivity index (χ4v) is 3.95. The quantitative estimate of drug-likeness (QED) is 0.807. The Morgan fingerprint density at radius 3 is 2.80 bits per heavy atom. The van der Waals surface area contributed by atoms with E-state index < -0.39 is 0 Å². The second-order valence-corrected chi connectivity index (χ2v) is 7.97. The molecule has 0 spiro atoms. The van der Waals surface area contributed by atoms with E-state index in [9.17, 15) is 0 Å². The highest BCUT2D eigenvalue weighted by Crippen LogP contribution is 2.39. The molecule has 1 N–H and O–H groups in total. The molecule has 1 aliphatic heterocycles. The molecule has 2 atom stereocenters. The number of hydrogen-bond acceptors (Lipinski definition) is 3. The van der Waals surface area contributed by atoms with Crippen LogP contribution >= 0.6 is 11.3 Å². The van der Waals surface area contributed by atoms with Crippen LogP contribution in [0.3, 0.4) is 0 Å². The molecule has 20 heavy (non-hydrogen) atoms. The van der Waals surface area contributed by atoms with Crippen LogP contribution < -0.4 is 5.32 Å². The molecule has 114 valence electrons. The maximum absolute atomic E-state index is 6.10. The molecule has 3 heteroatoms. The summed E-state index contributed by atoms with van der Waals surface area (Å²) in [7, 11) is 0. The summed E-state index contributed by atoms with van der Waals surface area (Å²) < 4.78 is 6.10. The first-order valence-electron chi connectivity index (χ1n) is 7.95. The smallest absolute Gasteiger partial charge is 0.0956 e. The Kier molecular flexibility index (Phi) is 5.65. The zero-order valence-electron chi connectivity index (χ0n) is 13.4. The van der Waals surface area contributed by atoms with Crippen molar-refractivity contribution in [1.29, 1.82) is 0 Å². The molecule has 0 saturated carbocycles. The van der Waals surface area contributed by atoms with Gasteiger partial charge < -0.3 is 10.1 Å². The molecule has 0 bridgehead atoms. The summed E-state index contributed by atoms with van der Waals surface area (Å²) in [4.78, 5) is 2.87. The average molecular weight is 295 g/mol. The van der Waals surface area contributed by atoms with E-state index in [1.165, 1.54) is 29.0 Å². The fourth-order valence-electron chi connectivity index (χ4n) is 2.74. The van der Waals surface area contributed by atoms with Gasteiger partial charge in [-0.25, -0.2) is 0 Å². The van der Waals surface area contributed by atoms with E-state index in [1.54, 1.807) is 0 Å². The van der Waals surface area contributed by atoms with Crippen molar-refractivity contribution in [3.8, 4) is 0 Å². The predicted octanol–water partition coefficient (Wildman–Crippen LogP) is 4.51. The highest BCUT2D eigenvalue weighted by Gasteiger charge is 2.29. The third-order valence-corrected chi connectivity index (χ3v) is 5.50. The SMILES string of the molecule is CCCNCC1CCCOC1c1ccc(C(C)(C)C)s1. The van der Waals surface area contributed by atoms with Gasteiger partial charge in [-0.15, -0.1) is 11.3 Å². The maximum Gasteiger partial charge on any atom is 0.0956 e. The van der Waals surface area contributed by atoms with Crippen LogP contribution in [0.5, 0.6) is 0 Å². The Morgan fingerprint density at radius 1 is 1.35 bits per heavy atom. The van der Waals surface area contributed by atoms with E-state index in [2.05, 4.69) is 45.1 Å². The zero-order chi connectivity index (χ0) is 14.6. The number of thiophene rings is 1. The number of hydrogen-bond donors (Lipinski definition) is 1. The van der Waals surface area contributed by atoms with Crippen LogP contribution in [0.1, 0.15) is 62.8 Å². The molecule has 0 radical (unpaired) electrons. The lowest BCUT2D eigenvalue weighted by Crippen LogP contribution is -2.31. The minimum atomic E-state index is 0.244. The van der Waals surface area contributed by atoms with Crippen LogP contribution in [0.25, 0.3) is 0 Å². The predicted molar refractivity (Wildman–Crippen MR) is 87.6 cm³/mol. The highest BCUT2D eigenvalue weighted by molar-refractivity contribution is 7.12. The first kappa shape index (κ1) is 16.0. The monoisotopic (exact) mass is 295 g/mol. The van der Waals surface area contributed by atoms with E-state index >= 15 is 0 Å². The summed E-state index contributed by atoms with van der Waals surface area (Å²) in [6, 6.07) is 4.57. The van der Waals surface area contributed by atoms with Crippen LogP contribution in [-0.2, 0) is 10.2 Å². The lowest BCUT2D eigenvalue weighted by atomic mass is 9.92. The van der Waals surface area contributed by atoms with Crippen molar-refractivity contribution in [2.24, 2.45) is 5.92 Å². The molecule has 2 rings (SSSR count). The number of nitrogens with one attached hydrogen (secondary N) is 1. The van der Waals surface area contributed by atoms with Crippen molar-refractivity contribution < 1.29 is 4.74 Å². The Morgan fingerprint density at radius 2 is 2.15 bits per heavy atom. The zero-order valence-corrected chi connectivity index (χ0v) is 14.2. The second-order valence-electron chi connectivity index (χ2n) is 6.85. The first-order valence-corrected chi connectivity index (χ1v) is 8.76. The molecule has 0 aromatic carbocycles. The van der Waals surface area contributed by atoms with Crippen molar-refractivity contribution in [3.05, 3.63) is 21.9 Å². The average Bonchev–Trinajstić information content (AvgIpc) is 2.89. The molecular weight excluding hydrogens is 266 g/mol. The van der Waals surface area contributed by atoms with Gasteiger partial charge in [-0.2, -0.15) is 0 Å². The van der Waals surface area contributed by atoms with E-state index in [0.29, 0.717) is 12.0 Å². The minimum absolute atomic E-state index is 0.244. The summed E-state index contributed by atoms with van der Waals surface area (Å²) in [5.41, 5.74) is 0.244.